The number of nitrogens with one attached hydrogen (secondary N) is 1. The van der Waals surface area contributed by atoms with Crippen molar-refractivity contribution in [3.63, 3.8) is 0 Å². The van der Waals surface area contributed by atoms with Gasteiger partial charge in [-0.2, -0.15) is 13.2 Å². The van der Waals surface area contributed by atoms with Crippen molar-refractivity contribution in [3.8, 4) is 0 Å². The fraction of sp³-hybridized carbons (Fsp3) is 0.840. The highest BCUT2D eigenvalue weighted by Crippen LogP contribution is 2.69. The standard InChI is InChI=1S/C25H36F3NO4S/c1-16-15-17-18-7-8-20(30)22(18,2)12-9-19(17)23(3)10-4-5-11-24(16,23)34(32,33)14-6-13-29-21(31)25(26,27)28/h17-19H,1,4-15H2,2-3H3,(H,29,31)/t17-,18-,19-,22-,23+,24?/m0/s1. The smallest absolute Gasteiger partial charge is 0.348 e. The van der Waals surface area contributed by atoms with Crippen LogP contribution in [0, 0.1) is 28.6 Å². The average Bonchev–Trinajstić information content (AvgIpc) is 3.05. The van der Waals surface area contributed by atoms with Crippen LogP contribution in [0.15, 0.2) is 12.2 Å². The minimum atomic E-state index is -4.98. The SMILES string of the molecule is C=C1C[C@H]2[C@@H]3CCC(=O)[C@@]3(C)CC[C@@H]2[C@@]2(C)CCCCC12S(=O)(=O)CCCNC(=O)C(F)(F)F. The van der Waals surface area contributed by atoms with Gasteiger partial charge in [-0.15, -0.1) is 0 Å². The fourth-order valence-electron chi connectivity index (χ4n) is 8.47. The van der Waals surface area contributed by atoms with Crippen LogP contribution in [0.4, 0.5) is 13.2 Å². The van der Waals surface area contributed by atoms with Gasteiger partial charge in [0, 0.05) is 18.4 Å². The molecule has 1 amide bonds. The number of fused-ring (bicyclic) bond motifs is 5. The molecule has 192 valence electrons. The van der Waals surface area contributed by atoms with Gasteiger partial charge >= 0.3 is 12.1 Å². The summed E-state index contributed by atoms with van der Waals surface area (Å²) in [4.78, 5) is 23.8. The third-order valence-electron chi connectivity index (χ3n) is 10.1. The van der Waals surface area contributed by atoms with Crippen molar-refractivity contribution < 1.29 is 31.2 Å². The number of carbonyl (C=O) groups excluding carboxylic acids is 2. The van der Waals surface area contributed by atoms with Crippen LogP contribution in [0.25, 0.3) is 0 Å². The zero-order chi connectivity index (χ0) is 25.2. The van der Waals surface area contributed by atoms with Gasteiger partial charge in [-0.3, -0.25) is 9.59 Å². The summed E-state index contributed by atoms with van der Waals surface area (Å²) in [6.45, 7) is 8.17. The molecule has 4 saturated carbocycles. The monoisotopic (exact) mass is 503 g/mol. The molecule has 9 heteroatoms. The molecular formula is C25H36F3NO4S. The second-order valence-electron chi connectivity index (χ2n) is 11.5. The Morgan fingerprint density at radius 3 is 2.47 bits per heavy atom. The maximum atomic E-state index is 14.0. The maximum Gasteiger partial charge on any atom is 0.471 e. The fourth-order valence-corrected chi connectivity index (χ4v) is 11.3. The number of sulfone groups is 1. The first kappa shape index (κ1) is 25.7. The molecule has 0 radical (unpaired) electrons. The zero-order valence-electron chi connectivity index (χ0n) is 20.1. The van der Waals surface area contributed by atoms with Crippen LogP contribution in [0.2, 0.25) is 0 Å². The molecule has 5 nitrogen and oxygen atoms in total. The summed E-state index contributed by atoms with van der Waals surface area (Å²) in [5.41, 5.74) is -0.104. The Hall–Kier alpha value is -1.38. The zero-order valence-corrected chi connectivity index (χ0v) is 20.9. The molecule has 4 aliphatic rings. The third kappa shape index (κ3) is 3.58. The van der Waals surface area contributed by atoms with Crippen molar-refractivity contribution in [2.24, 2.45) is 28.6 Å². The molecule has 0 aliphatic heterocycles. The highest BCUT2D eigenvalue weighted by molar-refractivity contribution is 7.93. The van der Waals surface area contributed by atoms with Gasteiger partial charge in [-0.05, 0) is 68.1 Å². The minimum Gasteiger partial charge on any atom is -0.348 e. The van der Waals surface area contributed by atoms with Gasteiger partial charge in [-0.25, -0.2) is 8.42 Å². The lowest BCUT2D eigenvalue weighted by molar-refractivity contribution is -0.173. The highest BCUT2D eigenvalue weighted by atomic mass is 32.2. The molecule has 0 saturated heterocycles. The van der Waals surface area contributed by atoms with E-state index >= 15 is 0 Å². The molecule has 4 aliphatic carbocycles. The quantitative estimate of drug-likeness (QED) is 0.433. The molecule has 0 aromatic carbocycles. The van der Waals surface area contributed by atoms with Crippen LogP contribution in [0.3, 0.4) is 0 Å². The molecule has 4 fully saturated rings. The van der Waals surface area contributed by atoms with Gasteiger partial charge in [0.05, 0.1) is 10.5 Å². The number of hydrogen-bond donors (Lipinski definition) is 1. The van der Waals surface area contributed by atoms with Crippen molar-refractivity contribution in [2.45, 2.75) is 89.0 Å². The predicted octanol–water partition coefficient (Wildman–Crippen LogP) is 4.76. The predicted molar refractivity (Wildman–Crippen MR) is 123 cm³/mol. The third-order valence-corrected chi connectivity index (χ3v) is 12.9. The summed E-state index contributed by atoms with van der Waals surface area (Å²) < 4.78 is 64.2. The lowest BCUT2D eigenvalue weighted by atomic mass is 9.44. The van der Waals surface area contributed by atoms with E-state index in [-0.39, 0.29) is 41.9 Å². The van der Waals surface area contributed by atoms with E-state index in [9.17, 15) is 31.2 Å². The highest BCUT2D eigenvalue weighted by Gasteiger charge is 2.68. The molecule has 0 aromatic rings. The Bertz CT molecular complexity index is 993. The van der Waals surface area contributed by atoms with E-state index in [1.54, 1.807) is 5.32 Å². The Balaban J connectivity index is 1.60. The first-order valence-electron chi connectivity index (χ1n) is 12.5. The van der Waals surface area contributed by atoms with Crippen LogP contribution in [0.1, 0.15) is 78.1 Å². The number of rotatable bonds is 5. The second-order valence-corrected chi connectivity index (χ2v) is 13.8. The van der Waals surface area contributed by atoms with E-state index in [0.717, 1.165) is 44.1 Å². The summed E-state index contributed by atoms with van der Waals surface area (Å²) >= 11 is 0. The van der Waals surface area contributed by atoms with E-state index in [2.05, 4.69) is 20.4 Å². The van der Waals surface area contributed by atoms with Gasteiger partial charge in [0.25, 0.3) is 0 Å². The molecule has 34 heavy (non-hydrogen) atoms. The van der Waals surface area contributed by atoms with Crippen LogP contribution in [-0.2, 0) is 19.4 Å². The first-order valence-corrected chi connectivity index (χ1v) is 14.1. The summed E-state index contributed by atoms with van der Waals surface area (Å²) in [6.07, 6.45) is 1.59. The lowest BCUT2D eigenvalue weighted by Gasteiger charge is -2.64. The number of Topliss-reactive ketones (excluding diaryl/α,β-unsaturated/α-hetero) is 1. The van der Waals surface area contributed by atoms with Crippen LogP contribution < -0.4 is 5.32 Å². The van der Waals surface area contributed by atoms with Gasteiger partial charge < -0.3 is 5.32 Å². The van der Waals surface area contributed by atoms with E-state index in [0.29, 0.717) is 25.0 Å². The van der Waals surface area contributed by atoms with Gasteiger partial charge in [-0.1, -0.05) is 38.8 Å². The van der Waals surface area contributed by atoms with Crippen molar-refractivity contribution >= 4 is 21.5 Å². The number of carbonyl (C=O) groups is 2. The molecular weight excluding hydrogens is 467 g/mol. The topological polar surface area (TPSA) is 80.3 Å². The molecule has 1 N–H and O–H groups in total. The van der Waals surface area contributed by atoms with E-state index < -0.39 is 32.1 Å². The number of amides is 1. The molecule has 1 unspecified atom stereocenters. The van der Waals surface area contributed by atoms with Crippen molar-refractivity contribution in [2.75, 3.05) is 12.3 Å². The first-order chi connectivity index (χ1) is 15.7. The molecule has 0 bridgehead atoms. The number of hydrogen-bond acceptors (Lipinski definition) is 4. The van der Waals surface area contributed by atoms with E-state index in [1.807, 2.05) is 0 Å². The molecule has 0 aromatic heterocycles. The second kappa shape index (κ2) is 8.34. The van der Waals surface area contributed by atoms with Crippen LogP contribution in [-0.4, -0.2) is 43.3 Å². The molecule has 6 atom stereocenters. The number of alkyl halides is 3. The van der Waals surface area contributed by atoms with Gasteiger partial charge in [0.15, 0.2) is 9.84 Å². The Kier molecular flexibility index (Phi) is 6.31. The van der Waals surface area contributed by atoms with Crippen molar-refractivity contribution in [1.82, 2.24) is 5.32 Å². The average molecular weight is 504 g/mol. The maximum absolute atomic E-state index is 14.0. The van der Waals surface area contributed by atoms with Crippen molar-refractivity contribution in [3.05, 3.63) is 12.2 Å². The summed E-state index contributed by atoms with van der Waals surface area (Å²) in [7, 11) is -3.74. The largest absolute Gasteiger partial charge is 0.471 e. The normalized spacial score (nSPS) is 40.3. The molecule has 4 rings (SSSR count). The summed E-state index contributed by atoms with van der Waals surface area (Å²) in [6, 6.07) is 0. The number of halogens is 3. The van der Waals surface area contributed by atoms with Gasteiger partial charge in [0.2, 0.25) is 0 Å². The summed E-state index contributed by atoms with van der Waals surface area (Å²) in [5.74, 6) is -1.31. The Morgan fingerprint density at radius 2 is 1.79 bits per heavy atom. The van der Waals surface area contributed by atoms with Crippen LogP contribution in [0.5, 0.6) is 0 Å². The summed E-state index contributed by atoms with van der Waals surface area (Å²) in [5, 5.41) is 1.78. The van der Waals surface area contributed by atoms with E-state index in [4.69, 9.17) is 0 Å². The Morgan fingerprint density at radius 1 is 1.12 bits per heavy atom. The molecule has 0 heterocycles. The van der Waals surface area contributed by atoms with Gasteiger partial charge in [0.1, 0.15) is 5.78 Å². The van der Waals surface area contributed by atoms with Crippen LogP contribution >= 0.6 is 0 Å². The van der Waals surface area contributed by atoms with E-state index in [1.165, 1.54) is 0 Å². The number of ketones is 1. The van der Waals surface area contributed by atoms with Crippen molar-refractivity contribution in [1.29, 1.82) is 0 Å². The molecule has 0 spiro atoms. The lowest BCUT2D eigenvalue weighted by Crippen LogP contribution is -2.65. The Labute approximate surface area is 200 Å². The minimum absolute atomic E-state index is 0.0709.